The average molecular weight is 622 g/mol. The molecule has 0 saturated carbocycles. The molecule has 1 atom stereocenters. The zero-order valence-electron chi connectivity index (χ0n) is 31.1. The van der Waals surface area contributed by atoms with Crippen molar-refractivity contribution in [2.75, 3.05) is 11.5 Å². The summed E-state index contributed by atoms with van der Waals surface area (Å²) in [5.41, 5.74) is 11.6. The molecule has 0 amide bonds. The number of aromatic nitrogens is 2. The van der Waals surface area contributed by atoms with Crippen molar-refractivity contribution < 1.29 is 8.85 Å². The lowest BCUT2D eigenvalue weighted by atomic mass is 9.73. The Bertz CT molecular complexity index is 2380. The highest BCUT2D eigenvalue weighted by molar-refractivity contribution is 6.11. The molecule has 0 N–H and O–H groups in total. The maximum absolute atomic E-state index is 7.93. The van der Waals surface area contributed by atoms with Gasteiger partial charge in [0.2, 0.25) is 5.90 Å². The van der Waals surface area contributed by atoms with E-state index in [2.05, 4.69) is 141 Å². The first-order valence-corrected chi connectivity index (χ1v) is 16.4. The number of aryl methyl sites for hydroxylation is 2. The predicted molar refractivity (Wildman–Crippen MR) is 196 cm³/mol. The van der Waals surface area contributed by atoms with Crippen molar-refractivity contribution in [2.45, 2.75) is 72.2 Å². The van der Waals surface area contributed by atoms with Crippen LogP contribution in [0.2, 0.25) is 0 Å². The number of hydrogen-bond donors (Lipinski definition) is 0. The Morgan fingerprint density at radius 1 is 0.809 bits per heavy atom. The first-order chi connectivity index (χ1) is 23.6. The molecular formula is C42H42N4O. The summed E-state index contributed by atoms with van der Waals surface area (Å²) < 4.78 is 32.1. The molecule has 4 aromatic carbocycles. The first kappa shape index (κ1) is 26.2. The molecule has 0 radical (unpaired) electrons. The van der Waals surface area contributed by atoms with Crippen molar-refractivity contribution >= 4 is 44.8 Å². The third-order valence-corrected chi connectivity index (χ3v) is 10.0. The summed E-state index contributed by atoms with van der Waals surface area (Å²) in [6.07, 6.45) is 1.92. The van der Waals surface area contributed by atoms with E-state index in [0.29, 0.717) is 5.90 Å². The quantitative estimate of drug-likeness (QED) is 0.197. The maximum Gasteiger partial charge on any atom is 0.216 e. The minimum Gasteiger partial charge on any atom is -0.475 e. The van der Waals surface area contributed by atoms with Gasteiger partial charge in [0.15, 0.2) is 0 Å². The number of rotatable bonds is 3. The summed E-state index contributed by atoms with van der Waals surface area (Å²) in [5.74, 6) is 1.27. The smallest absolute Gasteiger partial charge is 0.216 e. The van der Waals surface area contributed by atoms with Crippen LogP contribution >= 0.6 is 0 Å². The minimum atomic E-state index is -2.22. The lowest BCUT2D eigenvalue weighted by Gasteiger charge is -2.42. The zero-order valence-corrected chi connectivity index (χ0v) is 28.1. The van der Waals surface area contributed by atoms with Gasteiger partial charge in [0, 0.05) is 37.7 Å². The largest absolute Gasteiger partial charge is 0.475 e. The minimum absolute atomic E-state index is 0.0301. The molecule has 5 heteroatoms. The van der Waals surface area contributed by atoms with E-state index in [-0.39, 0.29) is 17.4 Å². The van der Waals surface area contributed by atoms with Crippen LogP contribution in [0.3, 0.4) is 0 Å². The van der Waals surface area contributed by atoms with Crippen LogP contribution in [0.15, 0.2) is 96.1 Å². The van der Waals surface area contributed by atoms with E-state index >= 15 is 0 Å². The Balaban J connectivity index is 1.42. The van der Waals surface area contributed by atoms with Gasteiger partial charge in [-0.25, -0.2) is 9.98 Å². The first-order valence-electron chi connectivity index (χ1n) is 17.9. The monoisotopic (exact) mass is 621 g/mol. The SMILES string of the molecule is [2H]C([2H])([2H])[C@@H]1COC(c2cc(N3c4ccccc4C(C)(C)c4cc5c6ccccc6n(-c6cc(C(C)(C)C)ccn6)c5cc43)c(C)cc2C)=N1. The molecular weight excluding hydrogens is 576 g/mol. The molecule has 6 aromatic rings. The molecule has 2 aromatic heterocycles. The van der Waals surface area contributed by atoms with Gasteiger partial charge >= 0.3 is 0 Å². The second kappa shape index (κ2) is 10.3. The number of fused-ring (bicyclic) bond motifs is 5. The fourth-order valence-electron chi connectivity index (χ4n) is 7.51. The van der Waals surface area contributed by atoms with Crippen LogP contribution in [-0.2, 0) is 15.6 Å². The summed E-state index contributed by atoms with van der Waals surface area (Å²) >= 11 is 0. The summed E-state index contributed by atoms with van der Waals surface area (Å²) in [6, 6.07) is 29.7. The number of anilines is 3. The highest BCUT2D eigenvalue weighted by Gasteiger charge is 2.38. The van der Waals surface area contributed by atoms with Crippen LogP contribution in [0, 0.1) is 13.8 Å². The second-order valence-corrected chi connectivity index (χ2v) is 14.6. The van der Waals surface area contributed by atoms with Crippen molar-refractivity contribution in [1.29, 1.82) is 0 Å². The topological polar surface area (TPSA) is 42.6 Å². The van der Waals surface area contributed by atoms with E-state index in [9.17, 15) is 0 Å². The molecule has 2 aliphatic rings. The van der Waals surface area contributed by atoms with Crippen molar-refractivity contribution in [3.63, 3.8) is 0 Å². The molecule has 47 heavy (non-hydrogen) atoms. The van der Waals surface area contributed by atoms with Crippen LogP contribution in [0.5, 0.6) is 0 Å². The number of para-hydroxylation sites is 2. The molecule has 2 aliphatic heterocycles. The van der Waals surface area contributed by atoms with E-state index in [1.54, 1.807) is 0 Å². The number of pyridine rings is 1. The number of nitrogens with zero attached hydrogens (tertiary/aromatic N) is 4. The van der Waals surface area contributed by atoms with Crippen LogP contribution in [0.1, 0.15) is 79.0 Å². The van der Waals surface area contributed by atoms with Gasteiger partial charge in [-0.2, -0.15) is 0 Å². The molecule has 8 rings (SSSR count). The van der Waals surface area contributed by atoms with Gasteiger partial charge < -0.3 is 9.64 Å². The maximum atomic E-state index is 7.93. The lowest BCUT2D eigenvalue weighted by molar-refractivity contribution is 0.324. The number of benzene rings is 4. The Kier molecular flexibility index (Phi) is 5.74. The molecule has 0 aliphatic carbocycles. The van der Waals surface area contributed by atoms with E-state index in [0.717, 1.165) is 50.6 Å². The number of hydrogen-bond acceptors (Lipinski definition) is 4. The van der Waals surface area contributed by atoms with Crippen LogP contribution in [0.25, 0.3) is 27.6 Å². The number of aliphatic imine (C=N–C) groups is 1. The van der Waals surface area contributed by atoms with E-state index in [4.69, 9.17) is 13.8 Å². The molecule has 4 heterocycles. The summed E-state index contributed by atoms with van der Waals surface area (Å²) in [5, 5.41) is 2.36. The number of ether oxygens (including phenoxy) is 1. The molecule has 0 bridgehead atoms. The van der Waals surface area contributed by atoms with Crippen molar-refractivity contribution in [3.8, 4) is 5.82 Å². The standard InChI is InChI=1S/C42H42N4O/c1-25-19-26(2)36(22-30(25)40-44-27(3)24-47-40)45-35-16-12-10-14-32(35)42(7,8)33-21-31-29-13-9-11-15-34(29)46(37(31)23-38(33)45)39-20-28(17-18-43-39)41(4,5)6/h9-23,27H,24H2,1-8H3/t27-/m1/s1/i3D3. The Morgan fingerprint density at radius 2 is 1.60 bits per heavy atom. The predicted octanol–water partition coefficient (Wildman–Crippen LogP) is 10.4. The van der Waals surface area contributed by atoms with E-state index < -0.39 is 12.9 Å². The average Bonchev–Trinajstić information content (AvgIpc) is 3.69. The van der Waals surface area contributed by atoms with Gasteiger partial charge in [0.1, 0.15) is 12.4 Å². The summed E-state index contributed by atoms with van der Waals surface area (Å²) in [4.78, 5) is 11.9. The fourth-order valence-corrected chi connectivity index (χ4v) is 7.51. The van der Waals surface area contributed by atoms with Gasteiger partial charge in [-0.1, -0.05) is 77.1 Å². The van der Waals surface area contributed by atoms with Gasteiger partial charge in [-0.05, 0) is 96.4 Å². The van der Waals surface area contributed by atoms with Gasteiger partial charge in [-0.3, -0.25) is 4.57 Å². The second-order valence-electron chi connectivity index (χ2n) is 14.6. The molecule has 5 nitrogen and oxygen atoms in total. The zero-order chi connectivity index (χ0) is 35.3. The highest BCUT2D eigenvalue weighted by Crippen LogP contribution is 2.54. The van der Waals surface area contributed by atoms with Crippen LogP contribution < -0.4 is 4.90 Å². The Labute approximate surface area is 281 Å². The molecule has 0 fully saturated rings. The van der Waals surface area contributed by atoms with Gasteiger partial charge in [0.25, 0.3) is 0 Å². The molecule has 0 saturated heterocycles. The molecule has 236 valence electrons. The third kappa shape index (κ3) is 4.51. The van der Waals surface area contributed by atoms with Gasteiger partial charge in [-0.15, -0.1) is 0 Å². The molecule has 0 unspecified atom stereocenters. The Hall–Kier alpha value is -4.90. The fraction of sp³-hybridized carbons (Fsp3) is 0.286. The van der Waals surface area contributed by atoms with Crippen molar-refractivity contribution in [1.82, 2.24) is 9.55 Å². The summed E-state index contributed by atoms with van der Waals surface area (Å²) in [7, 11) is 0. The van der Waals surface area contributed by atoms with Gasteiger partial charge in [0.05, 0.1) is 28.5 Å². The van der Waals surface area contributed by atoms with Crippen LogP contribution in [0.4, 0.5) is 17.1 Å². The van der Waals surface area contributed by atoms with Crippen molar-refractivity contribution in [3.05, 3.63) is 125 Å². The third-order valence-electron chi connectivity index (χ3n) is 10.0. The summed E-state index contributed by atoms with van der Waals surface area (Å²) in [6.45, 7) is 13.3. The van der Waals surface area contributed by atoms with E-state index in [1.807, 2.05) is 13.1 Å². The van der Waals surface area contributed by atoms with E-state index in [1.165, 1.54) is 27.5 Å². The Morgan fingerprint density at radius 3 is 2.38 bits per heavy atom. The normalized spacial score (nSPS) is 18.3. The molecule has 0 spiro atoms. The van der Waals surface area contributed by atoms with Crippen molar-refractivity contribution in [2.24, 2.45) is 4.99 Å². The highest BCUT2D eigenvalue weighted by atomic mass is 16.5. The van der Waals surface area contributed by atoms with Crippen LogP contribution in [-0.4, -0.2) is 28.1 Å². The lowest BCUT2D eigenvalue weighted by Crippen LogP contribution is -2.31.